The summed E-state index contributed by atoms with van der Waals surface area (Å²) in [6.45, 7) is 20.8. The minimum absolute atomic E-state index is 0.00757. The fraction of sp³-hybridized carbons (Fsp3) is 0.591. The third-order valence-corrected chi connectivity index (χ3v) is 16.1. The quantitative estimate of drug-likeness (QED) is 0.125. The molecule has 4 rings (SSSR count). The maximum absolute atomic E-state index is 13.8. The second kappa shape index (κ2) is 19.4. The highest BCUT2D eigenvalue weighted by Crippen LogP contribution is 2.45. The molecular weight excluding hydrogens is 764 g/mol. The van der Waals surface area contributed by atoms with Crippen molar-refractivity contribution in [3.05, 3.63) is 76.3 Å². The van der Waals surface area contributed by atoms with E-state index in [1.54, 1.807) is 38.1 Å². The minimum atomic E-state index is -1.83. The standard InChI is InChI=1S/C44H63ClN2O9Si/c1-27(2)23-36-41(50)54-34(28(3)38-39(56-38)31-18-15-29(16-19-31)21-22-53-57(10,11)43(4,5)6)13-12-14-37(48)47-33(25-30-17-20-35(52-9)32(45)24-30)40(49)46-26-44(7,8)42(51)55-36/h12,14-20,24,27-28,33-34,36,38-39H,13,21-23,25-26H2,1-11H3,(H,46,49)(H,47,48)/b14-12+/t28-,33+,34-,36-,38+,39+/m0/s1. The smallest absolute Gasteiger partial charge is 0.347 e. The lowest BCUT2D eigenvalue weighted by Crippen LogP contribution is -2.51. The molecule has 1 saturated heterocycles. The van der Waals surface area contributed by atoms with Gasteiger partial charge in [-0.25, -0.2) is 4.79 Å². The van der Waals surface area contributed by atoms with Crippen LogP contribution in [0, 0.1) is 17.3 Å². The summed E-state index contributed by atoms with van der Waals surface area (Å²) in [6.07, 6.45) is 2.01. The summed E-state index contributed by atoms with van der Waals surface area (Å²) in [4.78, 5) is 54.3. The van der Waals surface area contributed by atoms with E-state index in [2.05, 4.69) is 68.8 Å². The number of carbonyl (C=O) groups excluding carboxylic acids is 4. The summed E-state index contributed by atoms with van der Waals surface area (Å²) in [6, 6.07) is 12.5. The van der Waals surface area contributed by atoms with Crippen LogP contribution < -0.4 is 15.4 Å². The van der Waals surface area contributed by atoms with E-state index in [0.717, 1.165) is 12.0 Å². The lowest BCUT2D eigenvalue weighted by Gasteiger charge is -2.36. The van der Waals surface area contributed by atoms with Crippen molar-refractivity contribution in [2.45, 2.75) is 130 Å². The molecule has 2 N–H and O–H groups in total. The molecule has 11 nitrogen and oxygen atoms in total. The van der Waals surface area contributed by atoms with E-state index in [9.17, 15) is 19.2 Å². The number of amides is 2. The lowest BCUT2D eigenvalue weighted by atomic mass is 9.92. The molecule has 0 aliphatic carbocycles. The summed E-state index contributed by atoms with van der Waals surface area (Å²) in [5, 5.41) is 6.10. The SMILES string of the molecule is COc1ccc(C[C@H]2NC(=O)/C=C/C[C@@H]([C@H](C)[C@H]3O[C@@H]3c3ccc(CCO[Si](C)(C)C(C)(C)C)cc3)OC(=O)[C@H](CC(C)C)OC(=O)C(C)(C)CNC2=O)cc1Cl. The van der Waals surface area contributed by atoms with Crippen LogP contribution in [0.3, 0.4) is 0 Å². The Bertz CT molecular complexity index is 1750. The van der Waals surface area contributed by atoms with Crippen molar-refractivity contribution < 1.29 is 42.6 Å². The van der Waals surface area contributed by atoms with Gasteiger partial charge >= 0.3 is 11.9 Å². The largest absolute Gasteiger partial charge is 0.495 e. The Morgan fingerprint density at radius 1 is 0.982 bits per heavy atom. The highest BCUT2D eigenvalue weighted by molar-refractivity contribution is 6.74. The summed E-state index contributed by atoms with van der Waals surface area (Å²) in [5.41, 5.74) is 1.68. The number of hydrogen-bond donors (Lipinski definition) is 2. The Hall–Kier alpha value is -3.71. The van der Waals surface area contributed by atoms with Gasteiger partial charge in [0.25, 0.3) is 0 Å². The van der Waals surface area contributed by atoms with Gasteiger partial charge in [0.05, 0.1) is 23.7 Å². The first-order chi connectivity index (χ1) is 26.6. The van der Waals surface area contributed by atoms with E-state index in [4.69, 9.17) is 35.0 Å². The van der Waals surface area contributed by atoms with Crippen LogP contribution in [-0.2, 0) is 50.7 Å². The molecule has 0 aromatic heterocycles. The van der Waals surface area contributed by atoms with Crippen molar-refractivity contribution in [2.75, 3.05) is 20.3 Å². The van der Waals surface area contributed by atoms with Crippen molar-refractivity contribution in [3.8, 4) is 5.75 Å². The lowest BCUT2D eigenvalue weighted by molar-refractivity contribution is -0.179. The zero-order chi connectivity index (χ0) is 42.3. The monoisotopic (exact) mass is 826 g/mol. The van der Waals surface area contributed by atoms with E-state index in [-0.39, 0.29) is 54.9 Å². The third-order valence-electron chi connectivity index (χ3n) is 11.2. The predicted molar refractivity (Wildman–Crippen MR) is 223 cm³/mol. The maximum Gasteiger partial charge on any atom is 0.347 e. The normalized spacial score (nSPS) is 24.8. The minimum Gasteiger partial charge on any atom is -0.495 e. The molecule has 2 amide bonds. The van der Waals surface area contributed by atoms with Gasteiger partial charge in [0.1, 0.15) is 24.0 Å². The Morgan fingerprint density at radius 3 is 2.26 bits per heavy atom. The highest BCUT2D eigenvalue weighted by atomic mass is 35.5. The first-order valence-electron chi connectivity index (χ1n) is 20.0. The van der Waals surface area contributed by atoms with Crippen molar-refractivity contribution >= 4 is 43.7 Å². The number of halogens is 1. The molecule has 2 aromatic rings. The molecule has 0 saturated carbocycles. The molecule has 2 heterocycles. The van der Waals surface area contributed by atoms with Gasteiger partial charge in [-0.2, -0.15) is 0 Å². The van der Waals surface area contributed by atoms with Gasteiger partial charge in [0, 0.05) is 31.9 Å². The molecule has 314 valence electrons. The third kappa shape index (κ3) is 12.9. The average molecular weight is 828 g/mol. The molecule has 2 aliphatic heterocycles. The number of carbonyl (C=O) groups is 4. The number of nitrogens with one attached hydrogen (secondary N) is 2. The van der Waals surface area contributed by atoms with Crippen LogP contribution in [0.25, 0.3) is 0 Å². The fourth-order valence-electron chi connectivity index (χ4n) is 6.34. The summed E-state index contributed by atoms with van der Waals surface area (Å²) in [7, 11) is -0.321. The molecule has 0 spiro atoms. The molecular formula is C44H63ClN2O9Si. The number of hydrogen-bond acceptors (Lipinski definition) is 9. The van der Waals surface area contributed by atoms with Gasteiger partial charge < -0.3 is 34.0 Å². The Labute approximate surface area is 345 Å². The van der Waals surface area contributed by atoms with Gasteiger partial charge in [0.15, 0.2) is 14.4 Å². The van der Waals surface area contributed by atoms with Gasteiger partial charge in [-0.05, 0) is 85.6 Å². The van der Waals surface area contributed by atoms with Crippen LogP contribution in [0.15, 0.2) is 54.6 Å². The number of methoxy groups -OCH3 is 1. The Balaban J connectivity index is 1.53. The highest BCUT2D eigenvalue weighted by Gasteiger charge is 2.48. The van der Waals surface area contributed by atoms with E-state index in [0.29, 0.717) is 22.9 Å². The molecule has 2 aliphatic rings. The molecule has 0 unspecified atom stereocenters. The summed E-state index contributed by atoms with van der Waals surface area (Å²) in [5.74, 6) is -2.13. The first-order valence-corrected chi connectivity index (χ1v) is 23.3. The molecule has 0 radical (unpaired) electrons. The second-order valence-electron chi connectivity index (χ2n) is 18.0. The maximum atomic E-state index is 13.8. The molecule has 0 bridgehead atoms. The van der Waals surface area contributed by atoms with Gasteiger partial charge in [-0.1, -0.05) is 89.6 Å². The summed E-state index contributed by atoms with van der Waals surface area (Å²) >= 11 is 6.36. The van der Waals surface area contributed by atoms with E-state index in [1.165, 1.54) is 18.7 Å². The van der Waals surface area contributed by atoms with Crippen molar-refractivity contribution in [2.24, 2.45) is 17.3 Å². The van der Waals surface area contributed by atoms with Crippen LogP contribution in [0.1, 0.15) is 91.0 Å². The molecule has 13 heteroatoms. The number of ether oxygens (including phenoxy) is 4. The Morgan fingerprint density at radius 2 is 1.65 bits per heavy atom. The van der Waals surface area contributed by atoms with Crippen LogP contribution in [0.4, 0.5) is 0 Å². The summed E-state index contributed by atoms with van der Waals surface area (Å²) < 4.78 is 29.8. The number of rotatable bonds is 12. The fourth-order valence-corrected chi connectivity index (χ4v) is 7.66. The number of epoxide rings is 1. The van der Waals surface area contributed by atoms with Crippen LogP contribution in [-0.4, -0.2) is 76.7 Å². The topological polar surface area (TPSA) is 142 Å². The average Bonchev–Trinajstić information content (AvgIpc) is 3.93. The number of benzene rings is 2. The van der Waals surface area contributed by atoms with Crippen LogP contribution in [0.5, 0.6) is 5.75 Å². The van der Waals surface area contributed by atoms with Crippen molar-refractivity contribution in [1.82, 2.24) is 10.6 Å². The molecule has 2 aromatic carbocycles. The van der Waals surface area contributed by atoms with E-state index < -0.39 is 55.7 Å². The van der Waals surface area contributed by atoms with Crippen LogP contribution >= 0.6 is 11.6 Å². The van der Waals surface area contributed by atoms with E-state index in [1.807, 2.05) is 20.8 Å². The van der Waals surface area contributed by atoms with Gasteiger partial charge in [0.2, 0.25) is 11.8 Å². The zero-order valence-electron chi connectivity index (χ0n) is 35.5. The first kappa shape index (κ1) is 46.0. The van der Waals surface area contributed by atoms with Gasteiger partial charge in [-0.15, -0.1) is 0 Å². The van der Waals surface area contributed by atoms with Crippen molar-refractivity contribution in [1.29, 1.82) is 0 Å². The molecule has 57 heavy (non-hydrogen) atoms. The molecule has 1 fully saturated rings. The number of cyclic esters (lactones) is 2. The number of esters is 2. The van der Waals surface area contributed by atoms with Crippen LogP contribution in [0.2, 0.25) is 23.2 Å². The van der Waals surface area contributed by atoms with Gasteiger partial charge in [-0.3, -0.25) is 14.4 Å². The zero-order valence-corrected chi connectivity index (χ0v) is 37.3. The molecule has 6 atom stereocenters. The predicted octanol–water partition coefficient (Wildman–Crippen LogP) is 7.69. The second-order valence-corrected chi connectivity index (χ2v) is 23.2. The van der Waals surface area contributed by atoms with Crippen molar-refractivity contribution in [3.63, 3.8) is 0 Å². The Kier molecular flexibility index (Phi) is 15.6. The van der Waals surface area contributed by atoms with E-state index >= 15 is 0 Å².